The highest BCUT2D eigenvalue weighted by atomic mass is 16.4. The molecule has 1 fully saturated rings. The molecule has 0 spiro atoms. The van der Waals surface area contributed by atoms with Crippen molar-refractivity contribution < 1.29 is 4.42 Å². The smallest absolute Gasteiger partial charge is 0.236 e. The van der Waals surface area contributed by atoms with E-state index in [0.717, 1.165) is 18.9 Å². The molecule has 0 saturated carbocycles. The van der Waals surface area contributed by atoms with Gasteiger partial charge in [-0.2, -0.15) is 0 Å². The van der Waals surface area contributed by atoms with Crippen LogP contribution in [0.25, 0.3) is 0 Å². The van der Waals surface area contributed by atoms with E-state index in [1.807, 2.05) is 6.92 Å². The van der Waals surface area contributed by atoms with Crippen molar-refractivity contribution in [3.05, 3.63) is 11.8 Å². The molecule has 0 amide bonds. The summed E-state index contributed by atoms with van der Waals surface area (Å²) in [6.07, 6.45) is 2.26. The number of hydrogen-bond acceptors (Lipinski definition) is 4. The summed E-state index contributed by atoms with van der Waals surface area (Å²) in [5.74, 6) is 1.36. The van der Waals surface area contributed by atoms with Gasteiger partial charge in [-0.1, -0.05) is 0 Å². The van der Waals surface area contributed by atoms with Gasteiger partial charge in [-0.3, -0.25) is 0 Å². The minimum Gasteiger partial charge on any atom is -0.424 e. The molecule has 4 nitrogen and oxygen atoms in total. The Morgan fingerprint density at radius 1 is 1.50 bits per heavy atom. The molecule has 1 aromatic rings. The summed E-state index contributed by atoms with van der Waals surface area (Å²) >= 11 is 0. The molecule has 2 heterocycles. The third-order valence-electron chi connectivity index (χ3n) is 2.37. The van der Waals surface area contributed by atoms with Gasteiger partial charge in [0.05, 0.1) is 5.54 Å². The SMILES string of the molecule is Cc1nnc([C@@]2(C)CCCN2)o1. The van der Waals surface area contributed by atoms with Crippen LogP contribution in [-0.2, 0) is 5.54 Å². The summed E-state index contributed by atoms with van der Waals surface area (Å²) in [5, 5.41) is 11.2. The van der Waals surface area contributed by atoms with E-state index in [2.05, 4.69) is 22.4 Å². The molecule has 0 aliphatic carbocycles. The Morgan fingerprint density at radius 3 is 2.83 bits per heavy atom. The third kappa shape index (κ3) is 1.12. The van der Waals surface area contributed by atoms with Gasteiger partial charge < -0.3 is 9.73 Å². The fraction of sp³-hybridized carbons (Fsp3) is 0.750. The lowest BCUT2D eigenvalue weighted by molar-refractivity contribution is 0.313. The van der Waals surface area contributed by atoms with Gasteiger partial charge in [0.25, 0.3) is 0 Å². The first-order chi connectivity index (χ1) is 5.71. The Bertz CT molecular complexity index is 276. The molecule has 0 bridgehead atoms. The van der Waals surface area contributed by atoms with Crippen molar-refractivity contribution in [1.82, 2.24) is 15.5 Å². The molecule has 1 atom stereocenters. The fourth-order valence-electron chi connectivity index (χ4n) is 1.60. The molecule has 2 rings (SSSR count). The average Bonchev–Trinajstić information content (AvgIpc) is 2.59. The Hall–Kier alpha value is -0.900. The normalized spacial score (nSPS) is 29.5. The summed E-state index contributed by atoms with van der Waals surface area (Å²) in [6.45, 7) is 4.96. The Labute approximate surface area is 71.4 Å². The van der Waals surface area contributed by atoms with E-state index in [-0.39, 0.29) is 5.54 Å². The first kappa shape index (κ1) is 7.73. The largest absolute Gasteiger partial charge is 0.424 e. The van der Waals surface area contributed by atoms with E-state index in [1.54, 1.807) is 0 Å². The van der Waals surface area contributed by atoms with Crippen LogP contribution >= 0.6 is 0 Å². The summed E-state index contributed by atoms with van der Waals surface area (Å²) < 4.78 is 5.39. The predicted octanol–water partition coefficient (Wildman–Crippen LogP) is 0.977. The second-order valence-electron chi connectivity index (χ2n) is 3.49. The van der Waals surface area contributed by atoms with Crippen LogP contribution in [0.5, 0.6) is 0 Å². The number of hydrogen-bond donors (Lipinski definition) is 1. The average molecular weight is 167 g/mol. The molecular formula is C8H13N3O. The van der Waals surface area contributed by atoms with Gasteiger partial charge in [0, 0.05) is 6.92 Å². The molecule has 0 radical (unpaired) electrons. The second kappa shape index (κ2) is 2.55. The Morgan fingerprint density at radius 2 is 2.33 bits per heavy atom. The topological polar surface area (TPSA) is 51.0 Å². The van der Waals surface area contributed by atoms with Crippen molar-refractivity contribution in [1.29, 1.82) is 0 Å². The van der Waals surface area contributed by atoms with E-state index in [9.17, 15) is 0 Å². The highest BCUT2D eigenvalue weighted by Crippen LogP contribution is 2.28. The van der Waals surface area contributed by atoms with Gasteiger partial charge in [0.2, 0.25) is 11.8 Å². The van der Waals surface area contributed by atoms with E-state index in [0.29, 0.717) is 5.89 Å². The zero-order chi connectivity index (χ0) is 8.60. The molecule has 0 aromatic carbocycles. The third-order valence-corrected chi connectivity index (χ3v) is 2.37. The van der Waals surface area contributed by atoms with Crippen LogP contribution in [0, 0.1) is 6.92 Å². The zero-order valence-electron chi connectivity index (χ0n) is 7.42. The van der Waals surface area contributed by atoms with Crippen LogP contribution in [0.1, 0.15) is 31.5 Å². The Balaban J connectivity index is 2.28. The fourth-order valence-corrected chi connectivity index (χ4v) is 1.60. The van der Waals surface area contributed by atoms with Crippen LogP contribution in [0.4, 0.5) is 0 Å². The first-order valence-corrected chi connectivity index (χ1v) is 4.26. The van der Waals surface area contributed by atoms with Gasteiger partial charge in [-0.05, 0) is 26.3 Å². The van der Waals surface area contributed by atoms with Crippen molar-refractivity contribution in [2.45, 2.75) is 32.2 Å². The predicted molar refractivity (Wildman–Crippen MR) is 43.6 cm³/mol. The van der Waals surface area contributed by atoms with Gasteiger partial charge >= 0.3 is 0 Å². The van der Waals surface area contributed by atoms with Crippen LogP contribution in [0.15, 0.2) is 4.42 Å². The molecule has 1 N–H and O–H groups in total. The van der Waals surface area contributed by atoms with Gasteiger partial charge in [0.15, 0.2) is 0 Å². The number of rotatable bonds is 1. The minimum atomic E-state index is -0.0821. The molecule has 4 heteroatoms. The number of nitrogens with one attached hydrogen (secondary N) is 1. The van der Waals surface area contributed by atoms with Crippen LogP contribution in [0.3, 0.4) is 0 Å². The van der Waals surface area contributed by atoms with Crippen molar-refractivity contribution in [3.8, 4) is 0 Å². The number of nitrogens with zero attached hydrogens (tertiary/aromatic N) is 2. The molecular weight excluding hydrogens is 154 g/mol. The molecule has 1 aliphatic heterocycles. The van der Waals surface area contributed by atoms with E-state index in [4.69, 9.17) is 4.42 Å². The maximum absolute atomic E-state index is 5.39. The molecule has 66 valence electrons. The van der Waals surface area contributed by atoms with Crippen molar-refractivity contribution in [2.75, 3.05) is 6.54 Å². The maximum atomic E-state index is 5.39. The van der Waals surface area contributed by atoms with Gasteiger partial charge in [-0.15, -0.1) is 10.2 Å². The van der Waals surface area contributed by atoms with Gasteiger partial charge in [-0.25, -0.2) is 0 Å². The zero-order valence-corrected chi connectivity index (χ0v) is 7.42. The number of aromatic nitrogens is 2. The number of aryl methyl sites for hydroxylation is 1. The summed E-state index contributed by atoms with van der Waals surface area (Å²) in [7, 11) is 0. The van der Waals surface area contributed by atoms with E-state index >= 15 is 0 Å². The summed E-state index contributed by atoms with van der Waals surface area (Å²) in [5.41, 5.74) is -0.0821. The molecule has 12 heavy (non-hydrogen) atoms. The van der Waals surface area contributed by atoms with Crippen molar-refractivity contribution >= 4 is 0 Å². The second-order valence-corrected chi connectivity index (χ2v) is 3.49. The summed E-state index contributed by atoms with van der Waals surface area (Å²) in [6, 6.07) is 0. The highest BCUT2D eigenvalue weighted by molar-refractivity contribution is 5.02. The molecule has 0 unspecified atom stereocenters. The van der Waals surface area contributed by atoms with Gasteiger partial charge in [0.1, 0.15) is 0 Å². The Kier molecular flexibility index (Phi) is 1.65. The quantitative estimate of drug-likeness (QED) is 0.677. The standard InChI is InChI=1S/C8H13N3O/c1-6-10-11-7(12-6)8(2)4-3-5-9-8/h9H,3-5H2,1-2H3/t8-/m1/s1. The van der Waals surface area contributed by atoms with Crippen LogP contribution < -0.4 is 5.32 Å². The monoisotopic (exact) mass is 167 g/mol. The summed E-state index contributed by atoms with van der Waals surface area (Å²) in [4.78, 5) is 0. The van der Waals surface area contributed by atoms with Crippen molar-refractivity contribution in [2.24, 2.45) is 0 Å². The molecule has 1 saturated heterocycles. The molecule has 1 aromatic heterocycles. The molecule has 1 aliphatic rings. The lowest BCUT2D eigenvalue weighted by Gasteiger charge is -2.18. The minimum absolute atomic E-state index is 0.0821. The van der Waals surface area contributed by atoms with E-state index < -0.39 is 0 Å². The lowest BCUT2D eigenvalue weighted by Crippen LogP contribution is -2.33. The van der Waals surface area contributed by atoms with E-state index in [1.165, 1.54) is 6.42 Å². The van der Waals surface area contributed by atoms with Crippen molar-refractivity contribution in [3.63, 3.8) is 0 Å². The lowest BCUT2D eigenvalue weighted by atomic mass is 10.0. The van der Waals surface area contributed by atoms with Crippen LogP contribution in [-0.4, -0.2) is 16.7 Å². The maximum Gasteiger partial charge on any atom is 0.236 e. The highest BCUT2D eigenvalue weighted by Gasteiger charge is 2.34. The van der Waals surface area contributed by atoms with Crippen LogP contribution in [0.2, 0.25) is 0 Å². The first-order valence-electron chi connectivity index (χ1n) is 4.26.